The third kappa shape index (κ3) is 6.90. The quantitative estimate of drug-likeness (QED) is 0.723. The summed E-state index contributed by atoms with van der Waals surface area (Å²) in [4.78, 5) is 0. The highest BCUT2D eigenvalue weighted by atomic mass is 28.3. The Hall–Kier alpha value is -0.903. The molecule has 0 aliphatic heterocycles. The van der Waals surface area contributed by atoms with Crippen LogP contribution in [0.1, 0.15) is 38.8 Å². The summed E-state index contributed by atoms with van der Waals surface area (Å²) in [5.41, 5.74) is 3.70. The van der Waals surface area contributed by atoms with E-state index in [1.54, 1.807) is 0 Å². The van der Waals surface area contributed by atoms with E-state index in [2.05, 4.69) is 69.6 Å². The van der Waals surface area contributed by atoms with Crippen LogP contribution in [0.4, 0.5) is 0 Å². The first-order valence-corrected chi connectivity index (χ1v) is 11.8. The molecular formula is C19H33NOSi. The highest BCUT2D eigenvalue weighted by molar-refractivity contribution is 6.80. The Morgan fingerprint density at radius 2 is 1.73 bits per heavy atom. The van der Waals surface area contributed by atoms with Crippen molar-refractivity contribution in [3.05, 3.63) is 47.7 Å². The van der Waals surface area contributed by atoms with E-state index in [0.717, 1.165) is 12.0 Å². The predicted molar refractivity (Wildman–Crippen MR) is 99.8 cm³/mol. The molecule has 0 radical (unpaired) electrons. The molecule has 0 aliphatic carbocycles. The van der Waals surface area contributed by atoms with E-state index in [1.807, 2.05) is 18.2 Å². The van der Waals surface area contributed by atoms with Crippen molar-refractivity contribution in [3.63, 3.8) is 0 Å². The number of benzene rings is 1. The number of hydrogen-bond acceptors (Lipinski definition) is 2. The zero-order chi connectivity index (χ0) is 16.8. The van der Waals surface area contributed by atoms with Gasteiger partial charge in [-0.1, -0.05) is 82.5 Å². The van der Waals surface area contributed by atoms with Gasteiger partial charge in [-0.05, 0) is 17.4 Å². The van der Waals surface area contributed by atoms with Crippen LogP contribution in [0.25, 0.3) is 0 Å². The molecule has 0 saturated carbocycles. The van der Waals surface area contributed by atoms with Gasteiger partial charge in [0.2, 0.25) is 0 Å². The zero-order valence-corrected chi connectivity index (χ0v) is 16.1. The lowest BCUT2D eigenvalue weighted by Gasteiger charge is -2.34. The van der Waals surface area contributed by atoms with Gasteiger partial charge < -0.3 is 10.4 Å². The first-order valence-electron chi connectivity index (χ1n) is 8.23. The van der Waals surface area contributed by atoms with Gasteiger partial charge in [0.1, 0.15) is 0 Å². The third-order valence-electron chi connectivity index (χ3n) is 3.82. The largest absolute Gasteiger partial charge is 0.394 e. The summed E-state index contributed by atoms with van der Waals surface area (Å²) in [6.07, 6.45) is 3.33. The minimum Gasteiger partial charge on any atom is -0.394 e. The van der Waals surface area contributed by atoms with Crippen molar-refractivity contribution in [1.29, 1.82) is 0 Å². The molecule has 1 rings (SSSR count). The second-order valence-electron chi connectivity index (χ2n) is 8.24. The van der Waals surface area contributed by atoms with Gasteiger partial charge in [0.05, 0.1) is 20.7 Å². The van der Waals surface area contributed by atoms with Gasteiger partial charge in [0.15, 0.2) is 0 Å². The van der Waals surface area contributed by atoms with Gasteiger partial charge in [-0.25, -0.2) is 0 Å². The summed E-state index contributed by atoms with van der Waals surface area (Å²) >= 11 is 0. The lowest BCUT2D eigenvalue weighted by atomic mass is 9.84. The van der Waals surface area contributed by atoms with Crippen molar-refractivity contribution in [3.8, 4) is 0 Å². The van der Waals surface area contributed by atoms with Crippen LogP contribution < -0.4 is 5.32 Å². The van der Waals surface area contributed by atoms with Gasteiger partial charge in [-0.2, -0.15) is 0 Å². The Morgan fingerprint density at radius 1 is 1.14 bits per heavy atom. The molecule has 0 aromatic heterocycles. The molecule has 124 valence electrons. The fourth-order valence-corrected chi connectivity index (χ4v) is 3.25. The average molecular weight is 320 g/mol. The Kier molecular flexibility index (Phi) is 7.04. The van der Waals surface area contributed by atoms with Crippen LogP contribution in [0.2, 0.25) is 19.6 Å². The second kappa shape index (κ2) is 8.09. The number of hydrogen-bond donors (Lipinski definition) is 2. The Labute approximate surface area is 137 Å². The summed E-state index contributed by atoms with van der Waals surface area (Å²) in [7, 11) is -1.15. The molecule has 0 saturated heterocycles. The van der Waals surface area contributed by atoms with E-state index in [1.165, 1.54) is 0 Å². The van der Waals surface area contributed by atoms with E-state index >= 15 is 0 Å². The predicted octanol–water partition coefficient (Wildman–Crippen LogP) is 4.55. The normalized spacial score (nSPS) is 16.0. The molecule has 1 aromatic rings. The van der Waals surface area contributed by atoms with Gasteiger partial charge in [-0.3, -0.25) is 0 Å². The van der Waals surface area contributed by atoms with Crippen molar-refractivity contribution in [2.24, 2.45) is 5.41 Å². The van der Waals surface area contributed by atoms with E-state index < -0.39 is 8.07 Å². The summed E-state index contributed by atoms with van der Waals surface area (Å²) in [6, 6.07) is 10.5. The molecule has 1 aromatic carbocycles. The third-order valence-corrected chi connectivity index (χ3v) is 5.06. The van der Waals surface area contributed by atoms with Crippen LogP contribution in [-0.2, 0) is 0 Å². The van der Waals surface area contributed by atoms with Crippen LogP contribution >= 0.6 is 0 Å². The topological polar surface area (TPSA) is 32.3 Å². The molecule has 2 atom stereocenters. The van der Waals surface area contributed by atoms with Crippen molar-refractivity contribution in [2.75, 3.05) is 6.61 Å². The molecule has 22 heavy (non-hydrogen) atoms. The first-order chi connectivity index (χ1) is 10.1. The maximum Gasteiger partial charge on any atom is 0.0682 e. The number of rotatable bonds is 7. The average Bonchev–Trinajstić information content (AvgIpc) is 2.41. The van der Waals surface area contributed by atoms with E-state index in [9.17, 15) is 5.11 Å². The lowest BCUT2D eigenvalue weighted by Crippen LogP contribution is -2.43. The molecule has 2 N–H and O–H groups in total. The fraction of sp³-hybridized carbons (Fsp3) is 0.579. The van der Waals surface area contributed by atoms with Crippen LogP contribution in [0.15, 0.2) is 42.1 Å². The van der Waals surface area contributed by atoms with Crippen LogP contribution in [0.3, 0.4) is 0 Å². The molecular weight excluding hydrogens is 286 g/mol. The number of aliphatic hydroxyl groups is 1. The van der Waals surface area contributed by atoms with Gasteiger partial charge in [0, 0.05) is 6.04 Å². The number of nitrogens with one attached hydrogen (secondary N) is 1. The molecule has 0 amide bonds. The SMILES string of the molecule is CC(C)(C)[C@@H](C/C=C/[Si](C)(C)C)N[C@@H](CO)c1ccccc1. The standard InChI is InChI=1S/C19H33NOSi/c1-19(2,3)18(13-10-14-22(4,5)6)20-17(15-21)16-11-8-7-9-12-16/h7-12,14,17-18,20-21H,13,15H2,1-6H3/b14-10+/t17-,18+/m0/s1. The maximum absolute atomic E-state index is 9.78. The lowest BCUT2D eigenvalue weighted by molar-refractivity contribution is 0.190. The van der Waals surface area contributed by atoms with Crippen molar-refractivity contribution in [2.45, 2.75) is 58.9 Å². The van der Waals surface area contributed by atoms with Crippen molar-refractivity contribution < 1.29 is 5.11 Å². The zero-order valence-electron chi connectivity index (χ0n) is 15.1. The smallest absolute Gasteiger partial charge is 0.0682 e. The first kappa shape index (κ1) is 19.1. The fourth-order valence-electron chi connectivity index (χ4n) is 2.41. The summed E-state index contributed by atoms with van der Waals surface area (Å²) in [5.74, 6) is 0. The van der Waals surface area contributed by atoms with Crippen LogP contribution in [0, 0.1) is 5.41 Å². The summed E-state index contributed by atoms with van der Waals surface area (Å²) in [5, 5.41) is 13.4. The highest BCUT2D eigenvalue weighted by Crippen LogP contribution is 2.26. The van der Waals surface area contributed by atoms with Crippen LogP contribution in [0.5, 0.6) is 0 Å². The second-order valence-corrected chi connectivity index (χ2v) is 13.3. The molecule has 0 aliphatic rings. The van der Waals surface area contributed by atoms with Gasteiger partial charge >= 0.3 is 0 Å². The number of aliphatic hydroxyl groups excluding tert-OH is 1. The maximum atomic E-state index is 9.78. The van der Waals surface area contributed by atoms with E-state index in [-0.39, 0.29) is 18.1 Å². The van der Waals surface area contributed by atoms with E-state index in [4.69, 9.17) is 0 Å². The molecule has 0 heterocycles. The van der Waals surface area contributed by atoms with Gasteiger partial charge in [0.25, 0.3) is 0 Å². The Bertz CT molecular complexity index is 457. The van der Waals surface area contributed by atoms with Gasteiger partial charge in [-0.15, -0.1) is 0 Å². The molecule has 0 fully saturated rings. The Morgan fingerprint density at radius 3 is 2.18 bits per heavy atom. The molecule has 2 nitrogen and oxygen atoms in total. The summed E-state index contributed by atoms with van der Waals surface area (Å²) in [6.45, 7) is 13.9. The summed E-state index contributed by atoms with van der Waals surface area (Å²) < 4.78 is 0. The van der Waals surface area contributed by atoms with Crippen molar-refractivity contribution in [1.82, 2.24) is 5.32 Å². The minimum atomic E-state index is -1.15. The van der Waals surface area contributed by atoms with Crippen LogP contribution in [-0.4, -0.2) is 25.8 Å². The molecule has 0 bridgehead atoms. The molecule has 0 spiro atoms. The minimum absolute atomic E-state index is 0.00860. The molecule has 0 unspecified atom stereocenters. The highest BCUT2D eigenvalue weighted by Gasteiger charge is 2.26. The van der Waals surface area contributed by atoms with E-state index in [0.29, 0.717) is 6.04 Å². The van der Waals surface area contributed by atoms with Crippen molar-refractivity contribution >= 4 is 8.07 Å². The monoisotopic (exact) mass is 319 g/mol. The Balaban J connectivity index is 2.82. The molecule has 3 heteroatoms.